The van der Waals surface area contributed by atoms with Gasteiger partial charge in [0.05, 0.1) is 17.7 Å². The summed E-state index contributed by atoms with van der Waals surface area (Å²) >= 11 is 0. The van der Waals surface area contributed by atoms with E-state index in [1.807, 2.05) is 42.5 Å². The Morgan fingerprint density at radius 1 is 0.759 bits per heavy atom. The third-order valence-corrected chi connectivity index (χ3v) is 5.10. The number of ether oxygens (including phenoxy) is 1. The topological polar surface area (TPSA) is 87.1 Å². The molecule has 0 saturated carbocycles. The molecule has 1 aliphatic carbocycles. The fraction of sp³-hybridized carbons (Fsp3) is 0.0435. The van der Waals surface area contributed by atoms with Crippen LogP contribution in [0.1, 0.15) is 26.3 Å². The van der Waals surface area contributed by atoms with Crippen molar-refractivity contribution in [3.63, 3.8) is 0 Å². The number of aromatic hydroxyl groups is 2. The summed E-state index contributed by atoms with van der Waals surface area (Å²) in [6.45, 7) is 0.299. The fourth-order valence-corrected chi connectivity index (χ4v) is 3.74. The maximum absolute atomic E-state index is 13.5. The predicted molar refractivity (Wildman–Crippen MR) is 105 cm³/mol. The first-order chi connectivity index (χ1) is 14.1. The number of hydrogen-bond donors (Lipinski definition) is 2. The lowest BCUT2D eigenvalue weighted by Gasteiger charge is -2.29. The van der Waals surface area contributed by atoms with E-state index in [-0.39, 0.29) is 34.1 Å². The number of anilines is 1. The molecule has 0 saturated heterocycles. The minimum absolute atomic E-state index is 0.0331. The number of benzene rings is 3. The highest BCUT2D eigenvalue weighted by Gasteiger charge is 2.42. The number of fused-ring (bicyclic) bond motifs is 2. The number of phenols is 2. The van der Waals surface area contributed by atoms with E-state index in [1.54, 1.807) is 17.0 Å². The molecule has 1 heterocycles. The number of Topliss-reactive ketones (excluding diaryl/α,β-unsaturated/α-hetero) is 2. The average Bonchev–Trinajstić information content (AvgIpc) is 2.92. The molecule has 1 aliphatic heterocycles. The van der Waals surface area contributed by atoms with E-state index in [2.05, 4.69) is 0 Å². The van der Waals surface area contributed by atoms with Crippen molar-refractivity contribution in [3.8, 4) is 17.2 Å². The second kappa shape index (κ2) is 6.24. The van der Waals surface area contributed by atoms with Gasteiger partial charge in [-0.2, -0.15) is 0 Å². The molecule has 2 N–H and O–H groups in total. The van der Waals surface area contributed by atoms with Gasteiger partial charge in [0.25, 0.3) is 0 Å². The molecule has 3 aromatic rings. The van der Waals surface area contributed by atoms with Crippen LogP contribution in [-0.2, 0) is 6.54 Å². The van der Waals surface area contributed by atoms with Gasteiger partial charge >= 0.3 is 0 Å². The van der Waals surface area contributed by atoms with Gasteiger partial charge in [0.1, 0.15) is 22.9 Å². The molecule has 0 radical (unpaired) electrons. The summed E-state index contributed by atoms with van der Waals surface area (Å²) in [5.74, 6) is -1.69. The third-order valence-electron chi connectivity index (χ3n) is 5.10. The van der Waals surface area contributed by atoms with Crippen LogP contribution in [0.4, 0.5) is 5.69 Å². The number of ketones is 2. The van der Waals surface area contributed by atoms with Gasteiger partial charge in [-0.15, -0.1) is 0 Å². The Morgan fingerprint density at radius 3 is 2.10 bits per heavy atom. The van der Waals surface area contributed by atoms with Crippen LogP contribution in [-0.4, -0.2) is 21.8 Å². The maximum Gasteiger partial charge on any atom is 0.235 e. The lowest BCUT2D eigenvalue weighted by atomic mass is 9.89. The Labute approximate surface area is 165 Å². The van der Waals surface area contributed by atoms with E-state index in [9.17, 15) is 19.8 Å². The van der Waals surface area contributed by atoms with Crippen LogP contribution in [0.5, 0.6) is 17.2 Å². The summed E-state index contributed by atoms with van der Waals surface area (Å²) in [4.78, 5) is 28.4. The number of nitrogens with zero attached hydrogens (tertiary/aromatic N) is 1. The van der Waals surface area contributed by atoms with E-state index in [1.165, 1.54) is 12.1 Å². The second-order valence-electron chi connectivity index (χ2n) is 6.82. The number of allylic oxidation sites excluding steroid dienone is 2. The summed E-state index contributed by atoms with van der Waals surface area (Å²) in [5.41, 5.74) is 1.06. The summed E-state index contributed by atoms with van der Waals surface area (Å²) in [5, 5.41) is 20.5. The number of phenolic OH excluding ortho intramolecular Hbond substituents is 2. The number of para-hydroxylation sites is 2. The van der Waals surface area contributed by atoms with Crippen LogP contribution < -0.4 is 9.64 Å². The smallest absolute Gasteiger partial charge is 0.235 e. The van der Waals surface area contributed by atoms with E-state index < -0.39 is 11.6 Å². The average molecular weight is 385 g/mol. The number of hydrogen-bond acceptors (Lipinski definition) is 6. The van der Waals surface area contributed by atoms with E-state index in [0.29, 0.717) is 18.0 Å². The largest absolute Gasteiger partial charge is 0.507 e. The molecule has 0 bridgehead atoms. The van der Waals surface area contributed by atoms with Gasteiger partial charge in [-0.05, 0) is 30.3 Å². The Hall–Kier alpha value is -4.06. The monoisotopic (exact) mass is 385 g/mol. The molecule has 0 atom stereocenters. The Kier molecular flexibility index (Phi) is 3.67. The highest BCUT2D eigenvalue weighted by molar-refractivity contribution is 6.29. The molecule has 0 unspecified atom stereocenters. The van der Waals surface area contributed by atoms with Gasteiger partial charge in [-0.3, -0.25) is 9.59 Å². The van der Waals surface area contributed by atoms with Gasteiger partial charge in [0, 0.05) is 11.3 Å². The molecule has 29 heavy (non-hydrogen) atoms. The Morgan fingerprint density at radius 2 is 1.38 bits per heavy atom. The van der Waals surface area contributed by atoms with Crippen molar-refractivity contribution < 1.29 is 24.5 Å². The second-order valence-corrected chi connectivity index (χ2v) is 6.82. The Bertz CT molecular complexity index is 1210. The lowest BCUT2D eigenvalue weighted by Crippen LogP contribution is -2.34. The van der Waals surface area contributed by atoms with Crippen LogP contribution in [0.2, 0.25) is 0 Å². The Balaban J connectivity index is 1.80. The molecule has 6 heteroatoms. The summed E-state index contributed by atoms with van der Waals surface area (Å²) in [7, 11) is 0. The number of carbonyl (C=O) groups is 2. The van der Waals surface area contributed by atoms with Crippen molar-refractivity contribution in [3.05, 3.63) is 94.9 Å². The minimum Gasteiger partial charge on any atom is -0.507 e. The SMILES string of the molecule is O=C1C2=C(C(=O)c3c(O)ccc(O)c31)N(c1ccccc1)Cc1ccccc1O2. The molecule has 0 aromatic heterocycles. The molecule has 142 valence electrons. The summed E-state index contributed by atoms with van der Waals surface area (Å²) in [6, 6.07) is 18.8. The van der Waals surface area contributed by atoms with Crippen molar-refractivity contribution in [2.24, 2.45) is 0 Å². The quantitative estimate of drug-likeness (QED) is 0.620. The molecule has 5 rings (SSSR count). The normalized spacial score (nSPS) is 15.2. The fourth-order valence-electron chi connectivity index (χ4n) is 3.74. The molecule has 2 aliphatic rings. The van der Waals surface area contributed by atoms with Crippen molar-refractivity contribution >= 4 is 17.3 Å². The highest BCUT2D eigenvalue weighted by atomic mass is 16.5. The first-order valence-electron chi connectivity index (χ1n) is 9.03. The van der Waals surface area contributed by atoms with Crippen LogP contribution >= 0.6 is 0 Å². The van der Waals surface area contributed by atoms with Gasteiger partial charge in [-0.25, -0.2) is 0 Å². The zero-order valence-corrected chi connectivity index (χ0v) is 15.1. The van der Waals surface area contributed by atoms with Crippen LogP contribution in [0, 0.1) is 0 Å². The van der Waals surface area contributed by atoms with Gasteiger partial charge in [0.2, 0.25) is 17.3 Å². The number of carbonyl (C=O) groups excluding carboxylic acids is 2. The van der Waals surface area contributed by atoms with Gasteiger partial charge in [0.15, 0.2) is 0 Å². The van der Waals surface area contributed by atoms with Gasteiger partial charge < -0.3 is 19.8 Å². The van der Waals surface area contributed by atoms with Crippen LogP contribution in [0.3, 0.4) is 0 Å². The molecule has 0 spiro atoms. The molecule has 3 aromatic carbocycles. The van der Waals surface area contributed by atoms with Crippen LogP contribution in [0.15, 0.2) is 78.2 Å². The summed E-state index contributed by atoms with van der Waals surface area (Å²) < 4.78 is 5.92. The van der Waals surface area contributed by atoms with E-state index in [0.717, 1.165) is 5.56 Å². The zero-order chi connectivity index (χ0) is 20.1. The minimum atomic E-state index is -0.652. The molecule has 0 amide bonds. The molecular formula is C23H15NO5. The van der Waals surface area contributed by atoms with E-state index >= 15 is 0 Å². The van der Waals surface area contributed by atoms with E-state index in [4.69, 9.17) is 4.74 Å². The van der Waals surface area contributed by atoms with Crippen molar-refractivity contribution in [1.29, 1.82) is 0 Å². The standard InChI is InChI=1S/C23H15NO5/c25-15-10-11-16(26)19-18(15)21(27)20-23(22(19)28)29-17-9-5-4-6-13(17)12-24(20)14-7-2-1-3-8-14/h1-11,25-26H,12H2. The first kappa shape index (κ1) is 17.1. The third kappa shape index (κ3) is 2.50. The highest BCUT2D eigenvalue weighted by Crippen LogP contribution is 2.42. The summed E-state index contributed by atoms with van der Waals surface area (Å²) in [6.07, 6.45) is 0. The number of rotatable bonds is 1. The lowest BCUT2D eigenvalue weighted by molar-refractivity contribution is 0.0931. The van der Waals surface area contributed by atoms with Crippen molar-refractivity contribution in [2.45, 2.75) is 6.54 Å². The molecular weight excluding hydrogens is 370 g/mol. The van der Waals surface area contributed by atoms with Gasteiger partial charge in [-0.1, -0.05) is 36.4 Å². The maximum atomic E-state index is 13.5. The zero-order valence-electron chi connectivity index (χ0n) is 15.1. The van der Waals surface area contributed by atoms with Crippen LogP contribution in [0.25, 0.3) is 0 Å². The van der Waals surface area contributed by atoms with Crippen molar-refractivity contribution in [1.82, 2.24) is 0 Å². The molecule has 6 nitrogen and oxygen atoms in total. The first-order valence-corrected chi connectivity index (χ1v) is 9.03. The van der Waals surface area contributed by atoms with Crippen molar-refractivity contribution in [2.75, 3.05) is 4.90 Å². The molecule has 0 fully saturated rings. The predicted octanol–water partition coefficient (Wildman–Crippen LogP) is 3.79.